The van der Waals surface area contributed by atoms with Crippen molar-refractivity contribution in [3.05, 3.63) is 36.0 Å². The van der Waals surface area contributed by atoms with Gasteiger partial charge < -0.3 is 9.15 Å². The van der Waals surface area contributed by atoms with Crippen LogP contribution in [-0.2, 0) is 13.7 Å². The van der Waals surface area contributed by atoms with E-state index in [-0.39, 0.29) is 12.4 Å². The molecule has 0 aliphatic rings. The van der Waals surface area contributed by atoms with Crippen molar-refractivity contribution in [3.8, 4) is 5.75 Å². The van der Waals surface area contributed by atoms with Crippen LogP contribution in [0.2, 0.25) is 0 Å². The summed E-state index contributed by atoms with van der Waals surface area (Å²) in [6.45, 7) is 0.213. The van der Waals surface area contributed by atoms with Crippen molar-refractivity contribution < 1.29 is 13.9 Å². The third-order valence-electron chi connectivity index (χ3n) is 2.16. The molecular weight excluding hydrogens is 224 g/mol. The number of nitrogen functional groups attached to an aromatic ring is 1. The molecule has 2 rings (SSSR count). The number of hydrazine groups is 1. The highest BCUT2D eigenvalue weighted by atomic mass is 16.5. The highest BCUT2D eigenvalue weighted by Gasteiger charge is 2.14. The Morgan fingerprint density at radius 1 is 1.71 bits per heavy atom. The fourth-order valence-electron chi connectivity index (χ4n) is 1.35. The highest BCUT2D eigenvalue weighted by molar-refractivity contribution is 5.92. The first-order chi connectivity index (χ1) is 8.20. The SMILES string of the molecule is Cn1cc(OCc2ccoc2C(=O)NN)cn1. The van der Waals surface area contributed by atoms with Crippen LogP contribution in [-0.4, -0.2) is 15.7 Å². The third kappa shape index (κ3) is 2.45. The van der Waals surface area contributed by atoms with Gasteiger partial charge in [0.15, 0.2) is 11.5 Å². The van der Waals surface area contributed by atoms with Crippen molar-refractivity contribution in [3.63, 3.8) is 0 Å². The lowest BCUT2D eigenvalue weighted by atomic mass is 10.2. The van der Waals surface area contributed by atoms with Crippen LogP contribution >= 0.6 is 0 Å². The second-order valence-corrected chi connectivity index (χ2v) is 3.39. The number of ether oxygens (including phenoxy) is 1. The largest absolute Gasteiger partial charge is 0.485 e. The quantitative estimate of drug-likeness (QED) is 0.449. The fourth-order valence-corrected chi connectivity index (χ4v) is 1.35. The molecule has 0 atom stereocenters. The van der Waals surface area contributed by atoms with E-state index in [2.05, 4.69) is 5.10 Å². The van der Waals surface area contributed by atoms with E-state index in [0.717, 1.165) is 0 Å². The molecule has 0 aliphatic carbocycles. The van der Waals surface area contributed by atoms with Crippen LogP contribution in [0, 0.1) is 0 Å². The van der Waals surface area contributed by atoms with Crippen LogP contribution in [0.5, 0.6) is 5.75 Å². The molecule has 0 saturated carbocycles. The number of nitrogens with one attached hydrogen (secondary N) is 1. The van der Waals surface area contributed by atoms with Gasteiger partial charge in [0, 0.05) is 12.6 Å². The van der Waals surface area contributed by atoms with Crippen LogP contribution < -0.4 is 16.0 Å². The molecule has 2 aromatic rings. The summed E-state index contributed by atoms with van der Waals surface area (Å²) in [7, 11) is 1.79. The second kappa shape index (κ2) is 4.71. The molecule has 0 saturated heterocycles. The lowest BCUT2D eigenvalue weighted by Crippen LogP contribution is -2.30. The van der Waals surface area contributed by atoms with Gasteiger partial charge in [-0.2, -0.15) is 5.10 Å². The molecule has 3 N–H and O–H groups in total. The number of amides is 1. The monoisotopic (exact) mass is 236 g/mol. The summed E-state index contributed by atoms with van der Waals surface area (Å²) in [6, 6.07) is 1.65. The Kier molecular flexibility index (Phi) is 3.10. The first-order valence-electron chi connectivity index (χ1n) is 4.89. The van der Waals surface area contributed by atoms with Crippen molar-refractivity contribution >= 4 is 5.91 Å². The summed E-state index contributed by atoms with van der Waals surface area (Å²) in [5, 5.41) is 3.96. The van der Waals surface area contributed by atoms with Gasteiger partial charge in [-0.1, -0.05) is 0 Å². The summed E-state index contributed by atoms with van der Waals surface area (Å²) in [4.78, 5) is 11.3. The summed E-state index contributed by atoms with van der Waals surface area (Å²) in [6.07, 6.45) is 4.72. The van der Waals surface area contributed by atoms with Gasteiger partial charge in [0.1, 0.15) is 6.61 Å². The van der Waals surface area contributed by atoms with Crippen LogP contribution in [0.15, 0.2) is 29.1 Å². The lowest BCUT2D eigenvalue weighted by Gasteiger charge is -2.02. The standard InChI is InChI=1S/C10H12N4O3/c1-14-5-8(4-12-14)17-6-7-2-3-16-9(7)10(15)13-11/h2-5H,6,11H2,1H3,(H,13,15). The van der Waals surface area contributed by atoms with E-state index in [1.165, 1.54) is 6.26 Å². The Morgan fingerprint density at radius 3 is 3.18 bits per heavy atom. The predicted octanol–water partition coefficient (Wildman–Crippen LogP) is 0.196. The third-order valence-corrected chi connectivity index (χ3v) is 2.16. The average Bonchev–Trinajstić information content (AvgIpc) is 2.94. The van der Waals surface area contributed by atoms with Crippen molar-refractivity contribution in [1.82, 2.24) is 15.2 Å². The number of nitrogens with two attached hydrogens (primary N) is 1. The maximum Gasteiger partial charge on any atom is 0.301 e. The number of rotatable bonds is 4. The predicted molar refractivity (Wildman–Crippen MR) is 57.9 cm³/mol. The van der Waals surface area contributed by atoms with Crippen molar-refractivity contribution in [2.75, 3.05) is 0 Å². The topological polar surface area (TPSA) is 95.3 Å². The molecule has 1 amide bonds. The molecule has 0 aliphatic heterocycles. The smallest absolute Gasteiger partial charge is 0.301 e. The number of aryl methyl sites for hydroxylation is 1. The van der Waals surface area contributed by atoms with Crippen molar-refractivity contribution in [1.29, 1.82) is 0 Å². The van der Waals surface area contributed by atoms with E-state index < -0.39 is 5.91 Å². The van der Waals surface area contributed by atoms with E-state index in [1.807, 2.05) is 5.43 Å². The van der Waals surface area contributed by atoms with Crippen LogP contribution in [0.4, 0.5) is 0 Å². The molecule has 2 aromatic heterocycles. The summed E-state index contributed by atoms with van der Waals surface area (Å²) in [5.74, 6) is 5.31. The summed E-state index contributed by atoms with van der Waals surface area (Å²) in [5.41, 5.74) is 2.63. The maximum atomic E-state index is 11.3. The minimum Gasteiger partial charge on any atom is -0.485 e. The molecule has 0 fully saturated rings. The van der Waals surface area contributed by atoms with Gasteiger partial charge in [-0.05, 0) is 6.07 Å². The van der Waals surface area contributed by atoms with Crippen LogP contribution in [0.1, 0.15) is 16.1 Å². The first kappa shape index (κ1) is 11.2. The molecule has 0 aromatic carbocycles. The van der Waals surface area contributed by atoms with E-state index in [4.69, 9.17) is 15.0 Å². The molecule has 17 heavy (non-hydrogen) atoms. The van der Waals surface area contributed by atoms with Gasteiger partial charge in [-0.15, -0.1) is 0 Å². The molecule has 0 spiro atoms. The Hall–Kier alpha value is -2.28. The molecule has 7 heteroatoms. The van der Waals surface area contributed by atoms with E-state index in [9.17, 15) is 4.79 Å². The minimum absolute atomic E-state index is 0.149. The number of nitrogens with zero attached hydrogens (tertiary/aromatic N) is 2. The second-order valence-electron chi connectivity index (χ2n) is 3.39. The lowest BCUT2D eigenvalue weighted by molar-refractivity contribution is 0.0922. The van der Waals surface area contributed by atoms with Gasteiger partial charge >= 0.3 is 5.91 Å². The molecule has 90 valence electrons. The van der Waals surface area contributed by atoms with Gasteiger partial charge in [-0.25, -0.2) is 5.84 Å². The number of aromatic nitrogens is 2. The van der Waals surface area contributed by atoms with Gasteiger partial charge in [-0.3, -0.25) is 14.9 Å². The van der Waals surface area contributed by atoms with Gasteiger partial charge in [0.05, 0.1) is 18.7 Å². The first-order valence-corrected chi connectivity index (χ1v) is 4.89. The molecular formula is C10H12N4O3. The molecule has 2 heterocycles. The highest BCUT2D eigenvalue weighted by Crippen LogP contribution is 2.14. The molecule has 0 unspecified atom stereocenters. The maximum absolute atomic E-state index is 11.3. The number of carbonyl (C=O) groups is 1. The van der Waals surface area contributed by atoms with Gasteiger partial charge in [0.2, 0.25) is 0 Å². The average molecular weight is 236 g/mol. The van der Waals surface area contributed by atoms with E-state index >= 15 is 0 Å². The molecule has 7 nitrogen and oxygen atoms in total. The van der Waals surface area contributed by atoms with Crippen LogP contribution in [0.3, 0.4) is 0 Å². The van der Waals surface area contributed by atoms with Crippen molar-refractivity contribution in [2.45, 2.75) is 6.61 Å². The normalized spacial score (nSPS) is 10.2. The van der Waals surface area contributed by atoms with Crippen molar-refractivity contribution in [2.24, 2.45) is 12.9 Å². The van der Waals surface area contributed by atoms with Gasteiger partial charge in [0.25, 0.3) is 0 Å². The Bertz CT molecular complexity index is 517. The number of hydrogen-bond donors (Lipinski definition) is 2. The molecule has 0 bridgehead atoms. The summed E-state index contributed by atoms with van der Waals surface area (Å²) >= 11 is 0. The fraction of sp³-hybridized carbons (Fsp3) is 0.200. The Morgan fingerprint density at radius 2 is 2.53 bits per heavy atom. The summed E-state index contributed by atoms with van der Waals surface area (Å²) < 4.78 is 12.1. The minimum atomic E-state index is -0.486. The number of hydrogen-bond acceptors (Lipinski definition) is 5. The zero-order valence-electron chi connectivity index (χ0n) is 9.21. The zero-order chi connectivity index (χ0) is 12.3. The van der Waals surface area contributed by atoms with Crippen LogP contribution in [0.25, 0.3) is 0 Å². The van der Waals surface area contributed by atoms with E-state index in [1.54, 1.807) is 30.2 Å². The number of furan rings is 1. The zero-order valence-corrected chi connectivity index (χ0v) is 9.21. The Labute approximate surface area is 97.1 Å². The number of carbonyl (C=O) groups excluding carboxylic acids is 1. The van der Waals surface area contributed by atoms with E-state index in [0.29, 0.717) is 11.3 Å². The molecule has 0 radical (unpaired) electrons. The Balaban J connectivity index is 2.04.